The third-order valence-corrected chi connectivity index (χ3v) is 6.96. The summed E-state index contributed by atoms with van der Waals surface area (Å²) in [5.41, 5.74) is 4.24. The monoisotopic (exact) mass is 476 g/mol. The van der Waals surface area contributed by atoms with Crippen LogP contribution in [0, 0.1) is 0 Å². The zero-order valence-corrected chi connectivity index (χ0v) is 20.0. The Morgan fingerprint density at radius 3 is 1.61 bits per heavy atom. The molecule has 36 heavy (non-hydrogen) atoms. The first-order chi connectivity index (χ1) is 17.6. The highest BCUT2D eigenvalue weighted by Gasteiger charge is 2.32. The summed E-state index contributed by atoms with van der Waals surface area (Å²) in [5, 5.41) is 11.7. The Morgan fingerprint density at radius 2 is 1.08 bits per heavy atom. The number of carbonyl (C=O) groups excluding carboxylic acids is 2. The lowest BCUT2D eigenvalue weighted by atomic mass is 9.94. The third-order valence-electron chi connectivity index (χ3n) is 6.96. The molecule has 1 amide bonds. The molecule has 0 bridgehead atoms. The molecule has 0 radical (unpaired) electrons. The van der Waals surface area contributed by atoms with E-state index in [0.717, 1.165) is 13.1 Å². The minimum absolute atomic E-state index is 0.0752. The van der Waals surface area contributed by atoms with Crippen molar-refractivity contribution < 1.29 is 19.6 Å². The molecular formula is C31H28N2O3. The molecule has 0 atom stereocenters. The highest BCUT2D eigenvalue weighted by molar-refractivity contribution is 6.04. The number of carbonyl (C=O) groups is 2. The summed E-state index contributed by atoms with van der Waals surface area (Å²) in [4.78, 5) is 28.7. The molecule has 4 aromatic carbocycles. The number of carboxylic acid groups (broad SMARTS) is 1. The molecule has 1 heterocycles. The van der Waals surface area contributed by atoms with Gasteiger partial charge in [-0.3, -0.25) is 4.79 Å². The van der Waals surface area contributed by atoms with Crippen molar-refractivity contribution >= 4 is 11.9 Å². The van der Waals surface area contributed by atoms with E-state index < -0.39 is 5.97 Å². The van der Waals surface area contributed by atoms with Crippen LogP contribution in [0.25, 0.3) is 11.1 Å². The van der Waals surface area contributed by atoms with Crippen LogP contribution in [0.15, 0.2) is 109 Å². The van der Waals surface area contributed by atoms with Gasteiger partial charge in [-0.05, 0) is 17.2 Å². The average Bonchev–Trinajstić information content (AvgIpc) is 2.94. The van der Waals surface area contributed by atoms with Crippen LogP contribution in [0.1, 0.15) is 37.9 Å². The molecule has 0 aromatic heterocycles. The van der Waals surface area contributed by atoms with Crippen LogP contribution in [-0.2, 0) is 0 Å². The van der Waals surface area contributed by atoms with E-state index in [0.29, 0.717) is 29.8 Å². The first kappa shape index (κ1) is 23.5. The van der Waals surface area contributed by atoms with Gasteiger partial charge in [0.2, 0.25) is 0 Å². The molecule has 180 valence electrons. The molecule has 5 nitrogen and oxygen atoms in total. The number of benzene rings is 4. The van der Waals surface area contributed by atoms with Crippen LogP contribution >= 0.6 is 0 Å². The fourth-order valence-electron chi connectivity index (χ4n) is 5.21. The minimum atomic E-state index is -1.25. The van der Waals surface area contributed by atoms with Crippen molar-refractivity contribution in [3.63, 3.8) is 0 Å². The number of aromatic carboxylic acids is 1. The van der Waals surface area contributed by atoms with E-state index in [1.54, 1.807) is 30.3 Å². The average molecular weight is 477 g/mol. The van der Waals surface area contributed by atoms with Gasteiger partial charge in [0, 0.05) is 22.3 Å². The highest BCUT2D eigenvalue weighted by atomic mass is 16.4. The van der Waals surface area contributed by atoms with Gasteiger partial charge in [0.05, 0.1) is 32.1 Å². The van der Waals surface area contributed by atoms with E-state index in [1.807, 2.05) is 29.2 Å². The lowest BCUT2D eigenvalue weighted by Crippen LogP contribution is -3.15. The summed E-state index contributed by atoms with van der Waals surface area (Å²) in [6, 6.07) is 35.2. The van der Waals surface area contributed by atoms with Crippen LogP contribution in [-0.4, -0.2) is 43.0 Å². The van der Waals surface area contributed by atoms with E-state index in [1.165, 1.54) is 22.1 Å². The van der Waals surface area contributed by atoms with Crippen molar-refractivity contribution in [2.24, 2.45) is 0 Å². The predicted molar refractivity (Wildman–Crippen MR) is 138 cm³/mol. The van der Waals surface area contributed by atoms with E-state index in [2.05, 4.69) is 48.5 Å². The third kappa shape index (κ3) is 4.79. The van der Waals surface area contributed by atoms with Crippen LogP contribution in [0.5, 0.6) is 0 Å². The van der Waals surface area contributed by atoms with Crippen LogP contribution in [0.3, 0.4) is 0 Å². The lowest BCUT2D eigenvalue weighted by Gasteiger charge is -2.37. The Morgan fingerprint density at radius 1 is 0.639 bits per heavy atom. The van der Waals surface area contributed by atoms with Gasteiger partial charge in [0.25, 0.3) is 5.91 Å². The first-order valence-electron chi connectivity index (χ1n) is 12.3. The van der Waals surface area contributed by atoms with Gasteiger partial charge >= 0.3 is 0 Å². The predicted octanol–water partition coefficient (Wildman–Crippen LogP) is 2.85. The fourth-order valence-corrected chi connectivity index (χ4v) is 5.21. The summed E-state index contributed by atoms with van der Waals surface area (Å²) >= 11 is 0. The van der Waals surface area contributed by atoms with E-state index in [-0.39, 0.29) is 17.5 Å². The molecule has 4 aromatic rings. The summed E-state index contributed by atoms with van der Waals surface area (Å²) in [6.07, 6.45) is 0. The maximum Gasteiger partial charge on any atom is 0.254 e. The smallest absolute Gasteiger partial charge is 0.254 e. The number of amides is 1. The SMILES string of the molecule is O=C([O-])c1ccccc1-c1ccccc1C(=O)N1CC[NH+](C(c2ccccc2)c2ccccc2)CC1. The van der Waals surface area contributed by atoms with Gasteiger partial charge in [-0.15, -0.1) is 0 Å². The Bertz CT molecular complexity index is 1310. The molecular weight excluding hydrogens is 448 g/mol. The Hall–Kier alpha value is -4.22. The number of rotatable bonds is 6. The van der Waals surface area contributed by atoms with Crippen molar-refractivity contribution in [2.45, 2.75) is 6.04 Å². The number of hydrogen-bond acceptors (Lipinski definition) is 3. The standard InChI is InChI=1S/C31H28N2O3/c34-30(27-17-9-7-15-25(27)26-16-8-10-18-28(26)31(35)36)33-21-19-32(20-22-33)29(23-11-3-1-4-12-23)24-13-5-2-6-14-24/h1-18,29H,19-22H2,(H,35,36). The number of carboxylic acids is 1. The quantitative estimate of drug-likeness (QED) is 0.466. The van der Waals surface area contributed by atoms with Crippen molar-refractivity contribution in [1.29, 1.82) is 0 Å². The fraction of sp³-hybridized carbons (Fsp3) is 0.161. The summed E-state index contributed by atoms with van der Waals surface area (Å²) in [7, 11) is 0. The first-order valence-corrected chi connectivity index (χ1v) is 12.3. The van der Waals surface area contributed by atoms with E-state index in [4.69, 9.17) is 0 Å². The van der Waals surface area contributed by atoms with Crippen LogP contribution in [0.2, 0.25) is 0 Å². The highest BCUT2D eigenvalue weighted by Crippen LogP contribution is 2.28. The van der Waals surface area contributed by atoms with Crippen molar-refractivity contribution in [1.82, 2.24) is 4.90 Å². The molecule has 0 unspecified atom stereocenters. The Labute approximate surface area is 211 Å². The molecule has 1 fully saturated rings. The van der Waals surface area contributed by atoms with Gasteiger partial charge in [-0.1, -0.05) is 103 Å². The number of nitrogens with zero attached hydrogens (tertiary/aromatic N) is 1. The second kappa shape index (κ2) is 10.6. The summed E-state index contributed by atoms with van der Waals surface area (Å²) in [5.74, 6) is -1.33. The van der Waals surface area contributed by atoms with Crippen molar-refractivity contribution in [2.75, 3.05) is 26.2 Å². The van der Waals surface area contributed by atoms with E-state index >= 15 is 0 Å². The number of hydrogen-bond donors (Lipinski definition) is 1. The normalized spacial score (nSPS) is 14.1. The Balaban J connectivity index is 1.38. The number of piperazine rings is 1. The zero-order chi connectivity index (χ0) is 24.9. The minimum Gasteiger partial charge on any atom is -0.545 e. The van der Waals surface area contributed by atoms with Gasteiger partial charge in [0.1, 0.15) is 6.04 Å². The molecule has 5 heteroatoms. The second-order valence-corrected chi connectivity index (χ2v) is 9.08. The molecule has 0 spiro atoms. The van der Waals surface area contributed by atoms with Crippen molar-refractivity contribution in [3.05, 3.63) is 131 Å². The topological polar surface area (TPSA) is 64.9 Å². The largest absolute Gasteiger partial charge is 0.545 e. The lowest BCUT2D eigenvalue weighted by molar-refractivity contribution is -0.929. The van der Waals surface area contributed by atoms with Crippen LogP contribution in [0.4, 0.5) is 0 Å². The van der Waals surface area contributed by atoms with Gasteiger partial charge in [-0.25, -0.2) is 0 Å². The number of quaternary nitrogens is 1. The molecule has 1 aliphatic heterocycles. The maximum atomic E-state index is 13.6. The molecule has 1 N–H and O–H groups in total. The van der Waals surface area contributed by atoms with E-state index in [9.17, 15) is 14.7 Å². The summed E-state index contributed by atoms with van der Waals surface area (Å²) in [6.45, 7) is 2.89. The zero-order valence-electron chi connectivity index (χ0n) is 20.0. The molecule has 1 aliphatic rings. The molecule has 0 aliphatic carbocycles. The second-order valence-electron chi connectivity index (χ2n) is 9.08. The van der Waals surface area contributed by atoms with Gasteiger partial charge < -0.3 is 19.7 Å². The van der Waals surface area contributed by atoms with Crippen molar-refractivity contribution in [3.8, 4) is 11.1 Å². The van der Waals surface area contributed by atoms with Gasteiger partial charge in [-0.2, -0.15) is 0 Å². The molecule has 5 rings (SSSR count). The maximum absolute atomic E-state index is 13.6. The number of nitrogens with one attached hydrogen (secondary N) is 1. The molecule has 0 saturated carbocycles. The van der Waals surface area contributed by atoms with Crippen LogP contribution < -0.4 is 10.0 Å². The Kier molecular flexibility index (Phi) is 6.92. The van der Waals surface area contributed by atoms with Gasteiger partial charge in [0.15, 0.2) is 0 Å². The molecule has 1 saturated heterocycles. The summed E-state index contributed by atoms with van der Waals surface area (Å²) < 4.78 is 0.